The minimum Gasteiger partial charge on any atom is -0.507 e. The van der Waals surface area contributed by atoms with Crippen molar-refractivity contribution in [3.63, 3.8) is 0 Å². The van der Waals surface area contributed by atoms with Gasteiger partial charge in [0.25, 0.3) is 0 Å². The first-order chi connectivity index (χ1) is 20.7. The number of carbonyl (C=O) groups excluding carboxylic acids is 2. The van der Waals surface area contributed by atoms with E-state index in [2.05, 4.69) is 0 Å². The molecular formula is C34H48O9. The Morgan fingerprint density at radius 2 is 1.14 bits per heavy atom. The van der Waals surface area contributed by atoms with Gasteiger partial charge in [0.1, 0.15) is 23.0 Å². The lowest BCUT2D eigenvalue weighted by molar-refractivity contribution is -0.137. The summed E-state index contributed by atoms with van der Waals surface area (Å²) >= 11 is 0. The van der Waals surface area contributed by atoms with Crippen LogP contribution in [0.4, 0.5) is 0 Å². The van der Waals surface area contributed by atoms with Crippen molar-refractivity contribution in [2.75, 3.05) is 33.0 Å². The fourth-order valence-electron chi connectivity index (χ4n) is 4.68. The Morgan fingerprint density at radius 1 is 0.651 bits per heavy atom. The molecule has 0 atom stereocenters. The second kappa shape index (κ2) is 19.6. The van der Waals surface area contributed by atoms with Gasteiger partial charge in [-0.05, 0) is 83.1 Å². The molecule has 0 fully saturated rings. The maximum absolute atomic E-state index is 12.3. The van der Waals surface area contributed by atoms with Gasteiger partial charge in [-0.1, -0.05) is 26.7 Å². The Bertz CT molecular complexity index is 1190. The van der Waals surface area contributed by atoms with Crippen molar-refractivity contribution in [2.45, 2.75) is 91.9 Å². The number of phenols is 1. The summed E-state index contributed by atoms with van der Waals surface area (Å²) in [7, 11) is 0. The van der Waals surface area contributed by atoms with Crippen LogP contribution in [0, 0.1) is 0 Å². The minimum absolute atomic E-state index is 0.0206. The van der Waals surface area contributed by atoms with Crippen molar-refractivity contribution in [1.82, 2.24) is 0 Å². The van der Waals surface area contributed by atoms with Crippen LogP contribution < -0.4 is 14.2 Å². The SMILES string of the molecule is CCCc1c(OCCCCOCCCCOc2c(C(C)=O)ccc(OCCCC(=O)O)c2CCC)ccc(C(C)=O)c1O. The molecule has 0 bridgehead atoms. The summed E-state index contributed by atoms with van der Waals surface area (Å²) < 4.78 is 23.7. The van der Waals surface area contributed by atoms with Crippen LogP contribution >= 0.6 is 0 Å². The lowest BCUT2D eigenvalue weighted by Gasteiger charge is -2.18. The van der Waals surface area contributed by atoms with E-state index in [9.17, 15) is 19.5 Å². The lowest BCUT2D eigenvalue weighted by Crippen LogP contribution is -2.10. The smallest absolute Gasteiger partial charge is 0.303 e. The van der Waals surface area contributed by atoms with Crippen LogP contribution in [0.3, 0.4) is 0 Å². The average Bonchev–Trinajstić information content (AvgIpc) is 2.96. The van der Waals surface area contributed by atoms with Gasteiger partial charge in [0.15, 0.2) is 11.6 Å². The molecule has 0 aliphatic carbocycles. The predicted molar refractivity (Wildman–Crippen MR) is 165 cm³/mol. The normalized spacial score (nSPS) is 10.9. The molecular weight excluding hydrogens is 552 g/mol. The summed E-state index contributed by atoms with van der Waals surface area (Å²) in [6, 6.07) is 6.85. The maximum atomic E-state index is 12.3. The molecule has 2 rings (SSSR count). The Balaban J connectivity index is 1.75. The molecule has 0 radical (unpaired) electrons. The van der Waals surface area contributed by atoms with Crippen LogP contribution in [0.25, 0.3) is 0 Å². The molecule has 0 saturated heterocycles. The minimum atomic E-state index is -0.858. The summed E-state index contributed by atoms with van der Waals surface area (Å²) in [6.07, 6.45) is 6.64. The molecule has 0 unspecified atom stereocenters. The number of hydrogen-bond acceptors (Lipinski definition) is 8. The monoisotopic (exact) mass is 600 g/mol. The summed E-state index contributed by atoms with van der Waals surface area (Å²) in [5.74, 6) is 0.718. The van der Waals surface area contributed by atoms with E-state index in [1.165, 1.54) is 13.8 Å². The maximum Gasteiger partial charge on any atom is 0.303 e. The summed E-state index contributed by atoms with van der Waals surface area (Å²) in [5, 5.41) is 19.3. The highest BCUT2D eigenvalue weighted by atomic mass is 16.5. The number of benzene rings is 2. The van der Waals surface area contributed by atoms with E-state index in [0.29, 0.717) is 79.6 Å². The molecule has 9 nitrogen and oxygen atoms in total. The zero-order valence-electron chi connectivity index (χ0n) is 26.2. The molecule has 0 aromatic heterocycles. The standard InChI is InChI=1S/C34H48O9/c1-5-12-28-30(17-15-26(24(3)35)33(28)39)41-21-9-7-19-40-20-8-10-22-43-34-27(25(4)36)16-18-31(29(34)13-6-2)42-23-11-14-32(37)38/h15-18,39H,5-14,19-23H2,1-4H3,(H,37,38). The Morgan fingerprint density at radius 3 is 1.70 bits per heavy atom. The fraction of sp³-hybridized carbons (Fsp3) is 0.559. The van der Waals surface area contributed by atoms with E-state index in [0.717, 1.165) is 44.1 Å². The molecule has 0 aliphatic rings. The fourth-order valence-corrected chi connectivity index (χ4v) is 4.68. The van der Waals surface area contributed by atoms with Crippen molar-refractivity contribution in [3.8, 4) is 23.0 Å². The average molecular weight is 601 g/mol. The number of rotatable bonds is 23. The van der Waals surface area contributed by atoms with Gasteiger partial charge in [-0.15, -0.1) is 0 Å². The molecule has 43 heavy (non-hydrogen) atoms. The zero-order chi connectivity index (χ0) is 31.6. The third-order valence-electron chi connectivity index (χ3n) is 6.88. The Hall–Kier alpha value is -3.59. The van der Waals surface area contributed by atoms with Crippen LogP contribution in [0.1, 0.15) is 111 Å². The van der Waals surface area contributed by atoms with E-state index in [1.807, 2.05) is 13.8 Å². The Labute approximate surface area is 255 Å². The van der Waals surface area contributed by atoms with Crippen LogP contribution in [-0.2, 0) is 22.4 Å². The molecule has 0 amide bonds. The van der Waals surface area contributed by atoms with Gasteiger partial charge >= 0.3 is 5.97 Å². The summed E-state index contributed by atoms with van der Waals surface area (Å²) in [6.45, 7) is 9.43. The molecule has 0 heterocycles. The largest absolute Gasteiger partial charge is 0.507 e. The zero-order valence-corrected chi connectivity index (χ0v) is 26.2. The van der Waals surface area contributed by atoms with Gasteiger partial charge in [0, 0.05) is 30.8 Å². The van der Waals surface area contributed by atoms with Gasteiger partial charge in [-0.2, -0.15) is 0 Å². The van der Waals surface area contributed by atoms with Crippen molar-refractivity contribution in [3.05, 3.63) is 46.5 Å². The van der Waals surface area contributed by atoms with Crippen LogP contribution in [-0.4, -0.2) is 60.8 Å². The van der Waals surface area contributed by atoms with Gasteiger partial charge in [0.05, 0.1) is 30.9 Å². The van der Waals surface area contributed by atoms with Gasteiger partial charge in [-0.25, -0.2) is 0 Å². The molecule has 2 aromatic rings. The van der Waals surface area contributed by atoms with Crippen LogP contribution in [0.2, 0.25) is 0 Å². The van der Waals surface area contributed by atoms with Gasteiger partial charge in [-0.3, -0.25) is 14.4 Å². The highest BCUT2D eigenvalue weighted by molar-refractivity contribution is 5.98. The molecule has 0 saturated carbocycles. The molecule has 2 aromatic carbocycles. The number of carbonyl (C=O) groups is 3. The number of ketones is 2. The second-order valence-electron chi connectivity index (χ2n) is 10.5. The number of phenolic OH excluding ortho intramolecular Hbond substituents is 1. The van der Waals surface area contributed by atoms with Crippen LogP contribution in [0.5, 0.6) is 23.0 Å². The van der Waals surface area contributed by atoms with E-state index >= 15 is 0 Å². The van der Waals surface area contributed by atoms with Crippen molar-refractivity contribution in [2.24, 2.45) is 0 Å². The molecule has 2 N–H and O–H groups in total. The first-order valence-corrected chi connectivity index (χ1v) is 15.4. The summed E-state index contributed by atoms with van der Waals surface area (Å²) in [4.78, 5) is 34.8. The first-order valence-electron chi connectivity index (χ1n) is 15.4. The van der Waals surface area contributed by atoms with E-state index in [1.54, 1.807) is 24.3 Å². The molecule has 0 aliphatic heterocycles. The van der Waals surface area contributed by atoms with Crippen molar-refractivity contribution >= 4 is 17.5 Å². The number of Topliss-reactive ketones (excluding diaryl/α,β-unsaturated/α-hetero) is 2. The number of carboxylic acids is 1. The number of carboxylic acid groups (broad SMARTS) is 1. The number of unbranched alkanes of at least 4 members (excludes halogenated alkanes) is 2. The molecule has 9 heteroatoms. The van der Waals surface area contributed by atoms with Crippen molar-refractivity contribution < 1.29 is 43.5 Å². The Kier molecular flexibility index (Phi) is 16.2. The van der Waals surface area contributed by atoms with Gasteiger partial charge < -0.3 is 29.2 Å². The molecule has 238 valence electrons. The van der Waals surface area contributed by atoms with Gasteiger partial charge in [0.2, 0.25) is 0 Å². The van der Waals surface area contributed by atoms with Crippen molar-refractivity contribution in [1.29, 1.82) is 0 Å². The number of ether oxygens (including phenoxy) is 4. The number of aliphatic carboxylic acids is 1. The second-order valence-corrected chi connectivity index (χ2v) is 10.5. The van der Waals surface area contributed by atoms with E-state index in [4.69, 9.17) is 24.1 Å². The van der Waals surface area contributed by atoms with E-state index < -0.39 is 5.97 Å². The third kappa shape index (κ3) is 11.9. The quantitative estimate of drug-likeness (QED) is 0.102. The first kappa shape index (κ1) is 35.6. The third-order valence-corrected chi connectivity index (χ3v) is 6.88. The number of aromatic hydroxyl groups is 1. The summed E-state index contributed by atoms with van der Waals surface area (Å²) in [5.41, 5.74) is 2.37. The predicted octanol–water partition coefficient (Wildman–Crippen LogP) is 6.98. The van der Waals surface area contributed by atoms with E-state index in [-0.39, 0.29) is 30.3 Å². The highest BCUT2D eigenvalue weighted by Crippen LogP contribution is 2.35. The highest BCUT2D eigenvalue weighted by Gasteiger charge is 2.19. The lowest BCUT2D eigenvalue weighted by atomic mass is 10.0. The molecule has 0 spiro atoms. The topological polar surface area (TPSA) is 129 Å². The number of hydrogen-bond donors (Lipinski definition) is 2. The van der Waals surface area contributed by atoms with Crippen LogP contribution in [0.15, 0.2) is 24.3 Å².